The van der Waals surface area contributed by atoms with Crippen LogP contribution in [0.25, 0.3) is 0 Å². The monoisotopic (exact) mass is 312 g/mol. The first kappa shape index (κ1) is 15.9. The Kier molecular flexibility index (Phi) is 4.97. The van der Waals surface area contributed by atoms with Crippen LogP contribution in [0.15, 0.2) is 30.3 Å². The van der Waals surface area contributed by atoms with Crippen LogP contribution in [0.2, 0.25) is 0 Å². The summed E-state index contributed by atoms with van der Waals surface area (Å²) in [5.74, 6) is -0.360. The van der Waals surface area contributed by atoms with Crippen molar-refractivity contribution in [2.24, 2.45) is 0 Å². The summed E-state index contributed by atoms with van der Waals surface area (Å²) in [6, 6.07) is 7.90. The number of nitrogens with one attached hydrogen (secondary N) is 1. The molecule has 1 aliphatic heterocycles. The first-order chi connectivity index (χ1) is 9.93. The van der Waals surface area contributed by atoms with Crippen molar-refractivity contribution in [1.29, 1.82) is 0 Å². The summed E-state index contributed by atoms with van der Waals surface area (Å²) in [6.07, 6.45) is 2.28. The molecule has 2 N–H and O–H groups in total. The van der Waals surface area contributed by atoms with Gasteiger partial charge >= 0.3 is 0 Å². The summed E-state index contributed by atoms with van der Waals surface area (Å²) in [5, 5.41) is 12.2. The van der Waals surface area contributed by atoms with Gasteiger partial charge < -0.3 is 10.4 Å². The third-order valence-electron chi connectivity index (χ3n) is 3.63. The summed E-state index contributed by atoms with van der Waals surface area (Å²) < 4.78 is 24.6. The van der Waals surface area contributed by atoms with Crippen molar-refractivity contribution in [3.63, 3.8) is 0 Å². The summed E-state index contributed by atoms with van der Waals surface area (Å²) in [5.41, 5.74) is 0.789. The largest absolute Gasteiger partial charge is 0.394 e. The number of aliphatic hydroxyl groups excluding tert-OH is 1. The third-order valence-corrected chi connectivity index (χ3v) is 4.92. The van der Waals surface area contributed by atoms with Gasteiger partial charge in [0, 0.05) is 6.54 Å². The molecule has 116 valence electrons. The van der Waals surface area contributed by atoms with Gasteiger partial charge in [0.05, 0.1) is 18.9 Å². The van der Waals surface area contributed by atoms with Gasteiger partial charge in [0.25, 0.3) is 0 Å². The van der Waals surface area contributed by atoms with Crippen molar-refractivity contribution in [3.05, 3.63) is 35.9 Å². The minimum absolute atomic E-state index is 0.235. The second-order valence-electron chi connectivity index (χ2n) is 5.19. The molecule has 1 aromatic rings. The van der Waals surface area contributed by atoms with Gasteiger partial charge in [0.15, 0.2) is 0 Å². The second-order valence-corrected chi connectivity index (χ2v) is 7.12. The Morgan fingerprint density at radius 3 is 2.67 bits per heavy atom. The zero-order valence-corrected chi connectivity index (χ0v) is 12.7. The van der Waals surface area contributed by atoms with E-state index >= 15 is 0 Å². The number of benzene rings is 1. The number of sulfonamides is 1. The molecule has 1 saturated heterocycles. The lowest BCUT2D eigenvalue weighted by molar-refractivity contribution is -0.125. The van der Waals surface area contributed by atoms with E-state index < -0.39 is 22.1 Å². The molecule has 1 heterocycles. The number of rotatable bonds is 5. The highest BCUT2D eigenvalue weighted by molar-refractivity contribution is 7.88. The van der Waals surface area contributed by atoms with Gasteiger partial charge in [-0.25, -0.2) is 8.42 Å². The van der Waals surface area contributed by atoms with Crippen LogP contribution in [0.5, 0.6) is 0 Å². The number of nitrogens with zero attached hydrogens (tertiary/aromatic N) is 1. The summed E-state index contributed by atoms with van der Waals surface area (Å²) >= 11 is 0. The molecule has 0 aromatic heterocycles. The van der Waals surface area contributed by atoms with Gasteiger partial charge in [-0.2, -0.15) is 4.31 Å². The summed E-state index contributed by atoms with van der Waals surface area (Å²) in [6.45, 7) is 0.132. The van der Waals surface area contributed by atoms with E-state index in [-0.39, 0.29) is 12.5 Å². The highest BCUT2D eigenvalue weighted by Gasteiger charge is 2.37. The highest BCUT2D eigenvalue weighted by Crippen LogP contribution is 2.21. The molecule has 0 spiro atoms. The molecular weight excluding hydrogens is 292 g/mol. The van der Waals surface area contributed by atoms with Gasteiger partial charge in [0.1, 0.15) is 6.04 Å². The van der Waals surface area contributed by atoms with Crippen LogP contribution in [0.1, 0.15) is 24.4 Å². The summed E-state index contributed by atoms with van der Waals surface area (Å²) in [4.78, 5) is 12.3. The maximum Gasteiger partial charge on any atom is 0.239 e. The molecule has 7 heteroatoms. The second kappa shape index (κ2) is 6.55. The zero-order chi connectivity index (χ0) is 15.5. The molecule has 21 heavy (non-hydrogen) atoms. The molecule has 2 atom stereocenters. The van der Waals surface area contributed by atoms with Gasteiger partial charge in [-0.1, -0.05) is 30.3 Å². The Labute approximate surface area is 124 Å². The Bertz CT molecular complexity index is 588. The number of hydrogen-bond acceptors (Lipinski definition) is 4. The molecule has 1 amide bonds. The molecule has 0 aliphatic carbocycles. The number of aliphatic hydroxyl groups is 1. The molecule has 1 aromatic carbocycles. The fourth-order valence-corrected chi connectivity index (χ4v) is 3.71. The summed E-state index contributed by atoms with van der Waals surface area (Å²) in [7, 11) is -3.39. The van der Waals surface area contributed by atoms with Crippen molar-refractivity contribution in [2.75, 3.05) is 19.4 Å². The van der Waals surface area contributed by atoms with Crippen molar-refractivity contribution in [3.8, 4) is 0 Å². The SMILES string of the molecule is CS(=O)(=O)N1CCCC1C(=O)N[C@H](CO)c1ccccc1. The molecule has 0 radical (unpaired) electrons. The Balaban J connectivity index is 2.10. The lowest BCUT2D eigenvalue weighted by atomic mass is 10.1. The van der Waals surface area contributed by atoms with E-state index in [9.17, 15) is 18.3 Å². The smallest absolute Gasteiger partial charge is 0.239 e. The fraction of sp³-hybridized carbons (Fsp3) is 0.500. The van der Waals surface area contributed by atoms with Crippen LogP contribution in [0, 0.1) is 0 Å². The minimum Gasteiger partial charge on any atom is -0.394 e. The highest BCUT2D eigenvalue weighted by atomic mass is 32.2. The first-order valence-corrected chi connectivity index (χ1v) is 8.71. The topological polar surface area (TPSA) is 86.7 Å². The van der Waals surface area contributed by atoms with Gasteiger partial charge in [-0.3, -0.25) is 4.79 Å². The standard InChI is InChI=1S/C14H20N2O4S/c1-21(19,20)16-9-5-8-13(16)14(18)15-12(10-17)11-6-3-2-4-7-11/h2-4,6-7,12-13,17H,5,8-10H2,1H3,(H,15,18)/t12-,13?/m1/s1. The molecule has 1 aliphatic rings. The van der Waals surface area contributed by atoms with Crippen LogP contribution in [0.4, 0.5) is 0 Å². The average molecular weight is 312 g/mol. The Morgan fingerprint density at radius 2 is 2.10 bits per heavy atom. The molecule has 0 bridgehead atoms. The van der Waals surface area contributed by atoms with E-state index in [2.05, 4.69) is 5.32 Å². The van der Waals surface area contributed by atoms with Gasteiger partial charge in [0.2, 0.25) is 15.9 Å². The minimum atomic E-state index is -3.39. The molecular formula is C14H20N2O4S. The Hall–Kier alpha value is -1.44. The van der Waals surface area contributed by atoms with Crippen molar-refractivity contribution < 1.29 is 18.3 Å². The lowest BCUT2D eigenvalue weighted by Crippen LogP contribution is -2.47. The van der Waals surface area contributed by atoms with E-state index in [1.807, 2.05) is 30.3 Å². The van der Waals surface area contributed by atoms with E-state index in [4.69, 9.17) is 0 Å². The Morgan fingerprint density at radius 1 is 1.43 bits per heavy atom. The number of hydrogen-bond donors (Lipinski definition) is 2. The first-order valence-electron chi connectivity index (χ1n) is 6.86. The van der Waals surface area contributed by atoms with Crippen LogP contribution < -0.4 is 5.32 Å². The quantitative estimate of drug-likeness (QED) is 0.816. The normalized spacial score (nSPS) is 21.1. The van der Waals surface area contributed by atoms with E-state index in [0.717, 1.165) is 11.8 Å². The van der Waals surface area contributed by atoms with Crippen molar-refractivity contribution in [2.45, 2.75) is 24.9 Å². The van der Waals surface area contributed by atoms with Crippen molar-refractivity contribution >= 4 is 15.9 Å². The number of carbonyl (C=O) groups excluding carboxylic acids is 1. The van der Waals surface area contributed by atoms with Crippen LogP contribution in [0.3, 0.4) is 0 Å². The average Bonchev–Trinajstić information content (AvgIpc) is 2.95. The fourth-order valence-electron chi connectivity index (χ4n) is 2.59. The van der Waals surface area contributed by atoms with E-state index in [1.165, 1.54) is 4.31 Å². The van der Waals surface area contributed by atoms with Gasteiger partial charge in [-0.05, 0) is 18.4 Å². The maximum atomic E-state index is 12.3. The molecule has 6 nitrogen and oxygen atoms in total. The molecule has 1 fully saturated rings. The number of amides is 1. The predicted octanol–water partition coefficient (Wildman–Crippen LogP) is 0.260. The van der Waals surface area contributed by atoms with Crippen LogP contribution >= 0.6 is 0 Å². The maximum absolute atomic E-state index is 12.3. The van der Waals surface area contributed by atoms with Gasteiger partial charge in [-0.15, -0.1) is 0 Å². The number of carbonyl (C=O) groups is 1. The molecule has 2 rings (SSSR count). The molecule has 0 saturated carbocycles. The lowest BCUT2D eigenvalue weighted by Gasteiger charge is -2.24. The van der Waals surface area contributed by atoms with Crippen molar-refractivity contribution in [1.82, 2.24) is 9.62 Å². The predicted molar refractivity (Wildman–Crippen MR) is 79.0 cm³/mol. The van der Waals surface area contributed by atoms with E-state index in [1.54, 1.807) is 0 Å². The van der Waals surface area contributed by atoms with Crippen LogP contribution in [-0.4, -0.2) is 49.2 Å². The van der Waals surface area contributed by atoms with E-state index in [0.29, 0.717) is 19.4 Å². The zero-order valence-electron chi connectivity index (χ0n) is 11.9. The molecule has 1 unspecified atom stereocenters. The van der Waals surface area contributed by atoms with Crippen LogP contribution in [-0.2, 0) is 14.8 Å². The third kappa shape index (κ3) is 3.81.